The Morgan fingerprint density at radius 3 is 2.88 bits per heavy atom. The Balaban J connectivity index is 2.00. The van der Waals surface area contributed by atoms with E-state index in [0.717, 1.165) is 36.3 Å². The topological polar surface area (TPSA) is 63.4 Å². The van der Waals surface area contributed by atoms with Crippen molar-refractivity contribution in [3.63, 3.8) is 0 Å². The van der Waals surface area contributed by atoms with Crippen molar-refractivity contribution in [2.45, 2.75) is 6.04 Å². The summed E-state index contributed by atoms with van der Waals surface area (Å²) in [6, 6.07) is 2.14. The van der Waals surface area contributed by atoms with Crippen molar-refractivity contribution >= 4 is 15.9 Å². The van der Waals surface area contributed by atoms with Crippen LogP contribution < -0.4 is 11.2 Å². The molecule has 1 unspecified atom stereocenters. The zero-order chi connectivity index (χ0) is 12.1. The van der Waals surface area contributed by atoms with Gasteiger partial charge in [0.2, 0.25) is 0 Å². The summed E-state index contributed by atoms with van der Waals surface area (Å²) in [5, 5.41) is 2.15. The lowest BCUT2D eigenvalue weighted by Crippen LogP contribution is -2.48. The van der Waals surface area contributed by atoms with Crippen LogP contribution in [0.3, 0.4) is 0 Å². The number of hydrogen-bond acceptors (Lipinski definition) is 5. The van der Waals surface area contributed by atoms with Gasteiger partial charge in [-0.2, -0.15) is 0 Å². The first-order valence-corrected chi connectivity index (χ1v) is 6.48. The molecule has 0 amide bonds. The fraction of sp³-hybridized carbons (Fsp3) is 0.545. The molecule has 2 rings (SSSR count). The fourth-order valence-corrected chi connectivity index (χ4v) is 2.18. The van der Waals surface area contributed by atoms with Crippen molar-refractivity contribution in [3.05, 3.63) is 28.5 Å². The van der Waals surface area contributed by atoms with E-state index < -0.39 is 0 Å². The molecule has 0 spiro atoms. The molecule has 1 aliphatic rings. The highest BCUT2D eigenvalue weighted by Gasteiger charge is 2.16. The fourth-order valence-electron chi connectivity index (χ4n) is 1.80. The van der Waals surface area contributed by atoms with Crippen LogP contribution in [0.15, 0.2) is 22.9 Å². The SMILES string of the molecule is NCC(NN1CCOCC1)c1cncc(Br)c1. The average molecular weight is 301 g/mol. The van der Waals surface area contributed by atoms with Crippen LogP contribution in [0, 0.1) is 0 Å². The summed E-state index contributed by atoms with van der Waals surface area (Å²) in [6.07, 6.45) is 3.61. The van der Waals surface area contributed by atoms with E-state index in [1.54, 1.807) is 6.20 Å². The first-order chi connectivity index (χ1) is 8.29. The maximum atomic E-state index is 5.81. The normalized spacial score (nSPS) is 19.2. The Morgan fingerprint density at radius 1 is 1.47 bits per heavy atom. The van der Waals surface area contributed by atoms with E-state index in [1.807, 2.05) is 12.3 Å². The Hall–Kier alpha value is -0.530. The van der Waals surface area contributed by atoms with Crippen LogP contribution in [0.5, 0.6) is 0 Å². The zero-order valence-corrected chi connectivity index (χ0v) is 11.2. The lowest BCUT2D eigenvalue weighted by molar-refractivity contribution is 0.00402. The van der Waals surface area contributed by atoms with Gasteiger partial charge in [0.05, 0.1) is 19.3 Å². The minimum absolute atomic E-state index is 0.0955. The molecule has 6 heteroatoms. The number of morpholine rings is 1. The minimum Gasteiger partial charge on any atom is -0.379 e. The number of aromatic nitrogens is 1. The highest BCUT2D eigenvalue weighted by molar-refractivity contribution is 9.10. The molecule has 0 aliphatic carbocycles. The number of ether oxygens (including phenoxy) is 1. The molecule has 94 valence electrons. The number of halogens is 1. The van der Waals surface area contributed by atoms with Crippen molar-refractivity contribution in [2.24, 2.45) is 5.73 Å². The van der Waals surface area contributed by atoms with Gasteiger partial charge in [-0.25, -0.2) is 10.4 Å². The highest BCUT2D eigenvalue weighted by Crippen LogP contribution is 2.16. The molecule has 1 aliphatic heterocycles. The van der Waals surface area contributed by atoms with Crippen molar-refractivity contribution < 1.29 is 4.74 Å². The Kier molecular flexibility index (Phi) is 4.87. The molecule has 17 heavy (non-hydrogen) atoms. The first-order valence-electron chi connectivity index (χ1n) is 5.69. The van der Waals surface area contributed by atoms with Crippen LogP contribution >= 0.6 is 15.9 Å². The molecule has 1 saturated heterocycles. The van der Waals surface area contributed by atoms with Gasteiger partial charge in [-0.3, -0.25) is 4.98 Å². The summed E-state index contributed by atoms with van der Waals surface area (Å²) in [6.45, 7) is 3.84. The molecule has 1 fully saturated rings. The Morgan fingerprint density at radius 2 is 2.24 bits per heavy atom. The lowest BCUT2D eigenvalue weighted by Gasteiger charge is -2.31. The monoisotopic (exact) mass is 300 g/mol. The van der Waals surface area contributed by atoms with Gasteiger partial charge in [0, 0.05) is 36.5 Å². The number of hydrazine groups is 1. The van der Waals surface area contributed by atoms with E-state index >= 15 is 0 Å². The van der Waals surface area contributed by atoms with Gasteiger partial charge in [-0.05, 0) is 27.6 Å². The molecule has 3 N–H and O–H groups in total. The number of nitrogens with zero attached hydrogens (tertiary/aromatic N) is 2. The third-order valence-electron chi connectivity index (χ3n) is 2.71. The largest absolute Gasteiger partial charge is 0.379 e. The van der Waals surface area contributed by atoms with Crippen LogP contribution in [0.1, 0.15) is 11.6 Å². The third kappa shape index (κ3) is 3.72. The molecule has 0 bridgehead atoms. The van der Waals surface area contributed by atoms with Gasteiger partial charge in [-0.1, -0.05) is 0 Å². The molecular weight excluding hydrogens is 284 g/mol. The van der Waals surface area contributed by atoms with Crippen molar-refractivity contribution in [1.29, 1.82) is 0 Å². The summed E-state index contributed by atoms with van der Waals surface area (Å²) < 4.78 is 6.28. The molecule has 0 aromatic carbocycles. The second kappa shape index (κ2) is 6.42. The maximum absolute atomic E-state index is 5.81. The molecular formula is C11H17BrN4O. The Bertz CT molecular complexity index is 357. The quantitative estimate of drug-likeness (QED) is 0.856. The van der Waals surface area contributed by atoms with E-state index in [4.69, 9.17) is 10.5 Å². The maximum Gasteiger partial charge on any atom is 0.0608 e. The molecule has 1 aromatic rings. The summed E-state index contributed by atoms with van der Waals surface area (Å²) in [7, 11) is 0. The lowest BCUT2D eigenvalue weighted by atomic mass is 10.1. The molecule has 1 atom stereocenters. The van der Waals surface area contributed by atoms with Crippen LogP contribution in [0.2, 0.25) is 0 Å². The van der Waals surface area contributed by atoms with Gasteiger partial charge in [-0.15, -0.1) is 0 Å². The number of hydrogen-bond donors (Lipinski definition) is 2. The molecule has 2 heterocycles. The third-order valence-corrected chi connectivity index (χ3v) is 3.15. The molecule has 0 radical (unpaired) electrons. The summed E-state index contributed by atoms with van der Waals surface area (Å²) in [5.41, 5.74) is 10.3. The number of nitrogens with two attached hydrogens (primary N) is 1. The molecule has 5 nitrogen and oxygen atoms in total. The number of rotatable bonds is 4. The van der Waals surface area contributed by atoms with Crippen LogP contribution in [0.25, 0.3) is 0 Å². The minimum atomic E-state index is 0.0955. The van der Waals surface area contributed by atoms with E-state index in [1.165, 1.54) is 0 Å². The molecule has 0 saturated carbocycles. The van der Waals surface area contributed by atoms with Crippen molar-refractivity contribution in [3.8, 4) is 0 Å². The predicted molar refractivity (Wildman–Crippen MR) is 69.3 cm³/mol. The van der Waals surface area contributed by atoms with Gasteiger partial charge < -0.3 is 10.5 Å². The standard InChI is InChI=1S/C11H17BrN4O/c12-10-5-9(7-14-8-10)11(6-13)15-16-1-3-17-4-2-16/h5,7-8,11,15H,1-4,6,13H2. The second-order valence-corrected chi connectivity index (χ2v) is 4.87. The smallest absolute Gasteiger partial charge is 0.0608 e. The van der Waals surface area contributed by atoms with Crippen molar-refractivity contribution in [2.75, 3.05) is 32.8 Å². The number of pyridine rings is 1. The second-order valence-electron chi connectivity index (χ2n) is 3.95. The van der Waals surface area contributed by atoms with Crippen LogP contribution in [-0.4, -0.2) is 42.8 Å². The van der Waals surface area contributed by atoms with Crippen molar-refractivity contribution in [1.82, 2.24) is 15.4 Å². The summed E-state index contributed by atoms with van der Waals surface area (Å²) in [5.74, 6) is 0. The van der Waals surface area contributed by atoms with Crippen LogP contribution in [0.4, 0.5) is 0 Å². The van der Waals surface area contributed by atoms with Gasteiger partial charge in [0.15, 0.2) is 0 Å². The van der Waals surface area contributed by atoms with Gasteiger partial charge in [0.25, 0.3) is 0 Å². The zero-order valence-electron chi connectivity index (χ0n) is 9.60. The van der Waals surface area contributed by atoms with Gasteiger partial charge >= 0.3 is 0 Å². The van der Waals surface area contributed by atoms with E-state index in [-0.39, 0.29) is 6.04 Å². The number of nitrogens with one attached hydrogen (secondary N) is 1. The first kappa shape index (κ1) is 12.9. The summed E-state index contributed by atoms with van der Waals surface area (Å²) in [4.78, 5) is 4.16. The van der Waals surface area contributed by atoms with Crippen LogP contribution in [-0.2, 0) is 4.74 Å². The van der Waals surface area contributed by atoms with Gasteiger partial charge in [0.1, 0.15) is 0 Å². The van der Waals surface area contributed by atoms with E-state index in [2.05, 4.69) is 31.3 Å². The highest BCUT2D eigenvalue weighted by atomic mass is 79.9. The Labute approximate surface area is 109 Å². The van der Waals surface area contributed by atoms with E-state index in [9.17, 15) is 0 Å². The summed E-state index contributed by atoms with van der Waals surface area (Å²) >= 11 is 3.42. The average Bonchev–Trinajstić information content (AvgIpc) is 2.37. The predicted octanol–water partition coefficient (Wildman–Crippen LogP) is 0.681. The molecule has 1 aromatic heterocycles. The van der Waals surface area contributed by atoms with E-state index in [0.29, 0.717) is 6.54 Å².